The number of hydrogen-bond donors (Lipinski definition) is 3. The van der Waals surface area contributed by atoms with Crippen molar-refractivity contribution >= 4 is 41.8 Å². The first kappa shape index (κ1) is 26.9. The highest BCUT2D eigenvalue weighted by atomic mass is 127. The van der Waals surface area contributed by atoms with Gasteiger partial charge in [-0.3, -0.25) is 19.5 Å². The van der Waals surface area contributed by atoms with Crippen LogP contribution in [0.25, 0.3) is 0 Å². The second-order valence-corrected chi connectivity index (χ2v) is 6.99. The minimum Gasteiger partial charge on any atom is -0.368 e. The number of amides is 2. The minimum atomic E-state index is -4.23. The maximum Gasteiger partial charge on any atom is 0.403 e. The van der Waals surface area contributed by atoms with Crippen molar-refractivity contribution in [3.63, 3.8) is 0 Å². The summed E-state index contributed by atoms with van der Waals surface area (Å²) in [7, 11) is 1.62. The van der Waals surface area contributed by atoms with E-state index in [2.05, 4.69) is 15.6 Å². The molecule has 1 aromatic carbocycles. The average molecular weight is 556 g/mol. The Morgan fingerprint density at radius 2 is 1.71 bits per heavy atom. The largest absolute Gasteiger partial charge is 0.403 e. The molecule has 0 radical (unpaired) electrons. The first-order chi connectivity index (χ1) is 14.1. The molecule has 1 aromatic rings. The summed E-state index contributed by atoms with van der Waals surface area (Å²) < 4.78 is 38.7. The lowest BCUT2D eigenvalue weighted by atomic mass is 10.1. The lowest BCUT2D eigenvalue weighted by molar-refractivity contribution is -0.181. The molecule has 174 valence electrons. The van der Waals surface area contributed by atoms with Gasteiger partial charge in [0, 0.05) is 45.3 Å². The van der Waals surface area contributed by atoms with E-state index < -0.39 is 24.0 Å². The van der Waals surface area contributed by atoms with Crippen molar-refractivity contribution in [1.82, 2.24) is 20.4 Å². The summed E-state index contributed by atoms with van der Waals surface area (Å²) in [6.07, 6.45) is -4.23. The van der Waals surface area contributed by atoms with Gasteiger partial charge in [0.25, 0.3) is 5.91 Å². The van der Waals surface area contributed by atoms with Gasteiger partial charge in [0.1, 0.15) is 6.04 Å². The molecule has 31 heavy (non-hydrogen) atoms. The number of halogens is 4. The molecule has 1 saturated heterocycles. The Morgan fingerprint density at radius 1 is 1.13 bits per heavy atom. The normalized spacial score (nSPS) is 16.3. The second kappa shape index (κ2) is 12.1. The molecule has 0 aliphatic carbocycles. The number of piperazine rings is 1. The summed E-state index contributed by atoms with van der Waals surface area (Å²) in [6, 6.07) is 5.33. The molecule has 1 aliphatic rings. The molecule has 0 bridgehead atoms. The highest BCUT2D eigenvalue weighted by molar-refractivity contribution is 14.0. The molecule has 1 aliphatic heterocycles. The Bertz CT molecular complexity index is 765. The fraction of sp³-hybridized carbons (Fsp3) is 0.526. The van der Waals surface area contributed by atoms with Crippen LogP contribution < -0.4 is 16.4 Å². The van der Waals surface area contributed by atoms with Crippen molar-refractivity contribution in [2.75, 3.05) is 39.8 Å². The fourth-order valence-electron chi connectivity index (χ4n) is 3.08. The Balaban J connectivity index is 0.00000480. The van der Waals surface area contributed by atoms with Crippen LogP contribution in [-0.4, -0.2) is 79.6 Å². The van der Waals surface area contributed by atoms with E-state index in [9.17, 15) is 22.8 Å². The number of carbonyl (C=O) groups is 2. The summed E-state index contributed by atoms with van der Waals surface area (Å²) in [5.41, 5.74) is 6.29. The van der Waals surface area contributed by atoms with Crippen LogP contribution in [0.2, 0.25) is 0 Å². The van der Waals surface area contributed by atoms with Crippen molar-refractivity contribution in [1.29, 1.82) is 0 Å². The molecule has 1 fully saturated rings. The van der Waals surface area contributed by atoms with E-state index in [4.69, 9.17) is 5.73 Å². The zero-order valence-corrected chi connectivity index (χ0v) is 19.7. The number of nitrogens with one attached hydrogen (secondary N) is 2. The van der Waals surface area contributed by atoms with E-state index >= 15 is 0 Å². The Kier molecular flexibility index (Phi) is 10.5. The van der Waals surface area contributed by atoms with Gasteiger partial charge in [0.15, 0.2) is 5.96 Å². The molecule has 4 N–H and O–H groups in total. The molecule has 0 aromatic heterocycles. The smallest absolute Gasteiger partial charge is 0.368 e. The zero-order valence-electron chi connectivity index (χ0n) is 17.4. The van der Waals surface area contributed by atoms with Gasteiger partial charge in [0.05, 0.1) is 6.54 Å². The highest BCUT2D eigenvalue weighted by Crippen LogP contribution is 2.25. The first-order valence-electron chi connectivity index (χ1n) is 9.53. The maximum atomic E-state index is 12.9. The number of rotatable bonds is 6. The van der Waals surface area contributed by atoms with E-state index in [-0.39, 0.29) is 30.5 Å². The third-order valence-electron chi connectivity index (χ3n) is 4.94. The third kappa shape index (κ3) is 8.16. The third-order valence-corrected chi connectivity index (χ3v) is 4.94. The molecule has 0 spiro atoms. The molecule has 2 rings (SSSR count). The number of benzene rings is 1. The Labute approximate surface area is 196 Å². The average Bonchev–Trinajstić information content (AvgIpc) is 2.72. The maximum absolute atomic E-state index is 12.9. The predicted octanol–water partition coefficient (Wildman–Crippen LogP) is 1.16. The first-order valence-corrected chi connectivity index (χ1v) is 9.53. The fourth-order valence-corrected chi connectivity index (χ4v) is 3.08. The molecule has 2 amide bonds. The van der Waals surface area contributed by atoms with Gasteiger partial charge in [-0.05, 0) is 24.6 Å². The standard InChI is InChI=1S/C19H27F3N6O2.HI/c1-13(19(20,21)22)27-7-9-28(10-8-27)18(24-2)26-11-14-3-5-15(6-4-14)17(30)25-12-16(23)29;/h3-6,13H,7-12H2,1-2H3,(H2,23,29)(H,24,26)(H,25,30);1H. The van der Waals surface area contributed by atoms with Gasteiger partial charge in [0.2, 0.25) is 5.91 Å². The number of alkyl halides is 3. The van der Waals surface area contributed by atoms with Crippen LogP contribution in [0.4, 0.5) is 13.2 Å². The lowest BCUT2D eigenvalue weighted by Gasteiger charge is -2.39. The van der Waals surface area contributed by atoms with E-state index in [0.717, 1.165) is 5.56 Å². The predicted molar refractivity (Wildman–Crippen MR) is 122 cm³/mol. The SMILES string of the molecule is CN=C(NCc1ccc(C(=O)NCC(N)=O)cc1)N1CCN(C(C)C(F)(F)F)CC1.I. The van der Waals surface area contributed by atoms with Gasteiger partial charge >= 0.3 is 6.18 Å². The van der Waals surface area contributed by atoms with Crippen molar-refractivity contribution in [2.24, 2.45) is 10.7 Å². The summed E-state index contributed by atoms with van der Waals surface area (Å²) in [5, 5.41) is 5.60. The molecule has 1 heterocycles. The van der Waals surface area contributed by atoms with Crippen LogP contribution in [0, 0.1) is 0 Å². The molecular weight excluding hydrogens is 528 g/mol. The van der Waals surface area contributed by atoms with E-state index in [1.165, 1.54) is 11.8 Å². The minimum absolute atomic E-state index is 0. The van der Waals surface area contributed by atoms with Crippen LogP contribution in [0.15, 0.2) is 29.3 Å². The number of nitrogens with zero attached hydrogens (tertiary/aromatic N) is 3. The molecule has 12 heteroatoms. The van der Waals surface area contributed by atoms with Gasteiger partial charge in [-0.25, -0.2) is 0 Å². The summed E-state index contributed by atoms with van der Waals surface area (Å²) in [5.74, 6) is -0.406. The number of hydrogen-bond acceptors (Lipinski definition) is 4. The molecule has 1 atom stereocenters. The van der Waals surface area contributed by atoms with Crippen LogP contribution >= 0.6 is 24.0 Å². The van der Waals surface area contributed by atoms with Crippen molar-refractivity contribution in [3.05, 3.63) is 35.4 Å². The summed E-state index contributed by atoms with van der Waals surface area (Å²) >= 11 is 0. The molecule has 8 nitrogen and oxygen atoms in total. The topological polar surface area (TPSA) is 103 Å². The Hall–Kier alpha value is -2.09. The number of aliphatic imine (C=N–C) groups is 1. The monoisotopic (exact) mass is 556 g/mol. The zero-order chi connectivity index (χ0) is 22.3. The van der Waals surface area contributed by atoms with Crippen molar-refractivity contribution < 1.29 is 22.8 Å². The van der Waals surface area contributed by atoms with Crippen LogP contribution in [0.1, 0.15) is 22.8 Å². The van der Waals surface area contributed by atoms with E-state index in [0.29, 0.717) is 44.2 Å². The molecule has 0 saturated carbocycles. The van der Waals surface area contributed by atoms with Crippen LogP contribution in [0.3, 0.4) is 0 Å². The van der Waals surface area contributed by atoms with Crippen LogP contribution in [-0.2, 0) is 11.3 Å². The number of guanidine groups is 1. The number of carbonyl (C=O) groups excluding carboxylic acids is 2. The number of nitrogens with two attached hydrogens (primary N) is 1. The van der Waals surface area contributed by atoms with Gasteiger partial charge in [-0.2, -0.15) is 13.2 Å². The summed E-state index contributed by atoms with van der Waals surface area (Å²) in [4.78, 5) is 30.2. The molecular formula is C19H28F3IN6O2. The lowest BCUT2D eigenvalue weighted by Crippen LogP contribution is -2.56. The molecule has 1 unspecified atom stereocenters. The van der Waals surface area contributed by atoms with E-state index in [1.807, 2.05) is 4.90 Å². The number of primary amides is 1. The van der Waals surface area contributed by atoms with Gasteiger partial charge in [-0.15, -0.1) is 24.0 Å². The van der Waals surface area contributed by atoms with Gasteiger partial charge < -0.3 is 21.3 Å². The van der Waals surface area contributed by atoms with Crippen molar-refractivity contribution in [2.45, 2.75) is 25.7 Å². The Morgan fingerprint density at radius 3 is 2.19 bits per heavy atom. The van der Waals surface area contributed by atoms with E-state index in [1.54, 1.807) is 31.3 Å². The quantitative estimate of drug-likeness (QED) is 0.278. The van der Waals surface area contributed by atoms with Gasteiger partial charge in [-0.1, -0.05) is 12.1 Å². The summed E-state index contributed by atoms with van der Waals surface area (Å²) in [6.45, 7) is 2.88. The highest BCUT2D eigenvalue weighted by Gasteiger charge is 2.41. The van der Waals surface area contributed by atoms with Crippen LogP contribution in [0.5, 0.6) is 0 Å². The van der Waals surface area contributed by atoms with Crippen molar-refractivity contribution in [3.8, 4) is 0 Å². The second-order valence-electron chi connectivity index (χ2n) is 6.99.